The third-order valence-electron chi connectivity index (χ3n) is 4.71. The molecule has 2 aromatic carbocycles. The summed E-state index contributed by atoms with van der Waals surface area (Å²) in [6.07, 6.45) is 2.66. The van der Waals surface area contributed by atoms with E-state index in [0.717, 1.165) is 28.3 Å². The van der Waals surface area contributed by atoms with Crippen molar-refractivity contribution >= 4 is 17.7 Å². The van der Waals surface area contributed by atoms with E-state index in [1.54, 1.807) is 0 Å². The van der Waals surface area contributed by atoms with Gasteiger partial charge < -0.3 is 10.0 Å². The maximum atomic E-state index is 11.6. The maximum absolute atomic E-state index is 11.6. The minimum absolute atomic E-state index is 0.0891. The molecule has 2 rings (SSSR count). The Labute approximate surface area is 156 Å². The first-order chi connectivity index (χ1) is 11.8. The van der Waals surface area contributed by atoms with Gasteiger partial charge in [0.1, 0.15) is 0 Å². The van der Waals surface area contributed by atoms with E-state index in [9.17, 15) is 5.11 Å². The van der Waals surface area contributed by atoms with Crippen molar-refractivity contribution in [1.29, 1.82) is 0 Å². The molecule has 3 heteroatoms. The molecule has 25 heavy (non-hydrogen) atoms. The summed E-state index contributed by atoms with van der Waals surface area (Å²) in [5.41, 5.74) is 2.24. The fourth-order valence-electron chi connectivity index (χ4n) is 3.24. The Morgan fingerprint density at radius 3 is 2.28 bits per heavy atom. The summed E-state index contributed by atoms with van der Waals surface area (Å²) < 4.78 is 0. The molecule has 0 spiro atoms. The van der Waals surface area contributed by atoms with Gasteiger partial charge in [0.05, 0.1) is 5.60 Å². The van der Waals surface area contributed by atoms with E-state index in [2.05, 4.69) is 30.0 Å². The molecule has 0 aliphatic carbocycles. The molecule has 2 atom stereocenters. The fourth-order valence-corrected chi connectivity index (χ4v) is 3.37. The van der Waals surface area contributed by atoms with Gasteiger partial charge >= 0.3 is 0 Å². The lowest BCUT2D eigenvalue weighted by Gasteiger charge is -2.37. The van der Waals surface area contributed by atoms with Gasteiger partial charge in [-0.2, -0.15) is 0 Å². The Kier molecular flexibility index (Phi) is 6.83. The third-order valence-corrected chi connectivity index (χ3v) is 4.96. The van der Waals surface area contributed by atoms with Gasteiger partial charge in [0.2, 0.25) is 0 Å². The molecule has 0 aromatic heterocycles. The minimum atomic E-state index is -0.911. The molecular formula is C22H28ClNO. The van der Waals surface area contributed by atoms with E-state index in [1.165, 1.54) is 0 Å². The highest BCUT2D eigenvalue weighted by Gasteiger charge is 2.36. The lowest BCUT2D eigenvalue weighted by Crippen LogP contribution is -2.44. The highest BCUT2D eigenvalue weighted by atomic mass is 35.5. The molecule has 0 saturated carbocycles. The average Bonchev–Trinajstić information content (AvgIpc) is 2.57. The highest BCUT2D eigenvalue weighted by Crippen LogP contribution is 2.32. The van der Waals surface area contributed by atoms with Gasteiger partial charge in [-0.3, -0.25) is 0 Å². The first kappa shape index (κ1) is 19.7. The van der Waals surface area contributed by atoms with Gasteiger partial charge in [-0.15, -0.1) is 0 Å². The Morgan fingerprint density at radius 1 is 1.12 bits per heavy atom. The number of nitrogens with zero attached hydrogens (tertiary/aromatic N) is 1. The summed E-state index contributed by atoms with van der Waals surface area (Å²) in [4.78, 5) is 2.12. The monoisotopic (exact) mass is 357 g/mol. The first-order valence-corrected chi connectivity index (χ1v) is 9.04. The van der Waals surface area contributed by atoms with E-state index in [4.69, 9.17) is 11.6 Å². The average molecular weight is 358 g/mol. The van der Waals surface area contributed by atoms with Crippen molar-refractivity contribution in [1.82, 2.24) is 4.90 Å². The smallest absolute Gasteiger partial charge is 0.0935 e. The van der Waals surface area contributed by atoms with Crippen molar-refractivity contribution in [2.75, 3.05) is 20.6 Å². The molecule has 0 amide bonds. The minimum Gasteiger partial charge on any atom is -0.385 e. The van der Waals surface area contributed by atoms with Gasteiger partial charge in [-0.05, 0) is 49.9 Å². The molecule has 0 aliphatic rings. The van der Waals surface area contributed by atoms with Crippen molar-refractivity contribution < 1.29 is 5.11 Å². The number of benzene rings is 2. The van der Waals surface area contributed by atoms with Crippen LogP contribution in [-0.2, 0) is 6.42 Å². The maximum Gasteiger partial charge on any atom is 0.0935 e. The van der Waals surface area contributed by atoms with Gasteiger partial charge in [0.25, 0.3) is 0 Å². The van der Waals surface area contributed by atoms with Crippen LogP contribution in [0, 0.1) is 5.92 Å². The van der Waals surface area contributed by atoms with Gasteiger partial charge in [-0.25, -0.2) is 0 Å². The summed E-state index contributed by atoms with van der Waals surface area (Å²) in [5.74, 6) is 0.0891. The molecule has 134 valence electrons. The SMILES string of the molecule is C/C(=C/c1ccc(Cl)cc1)C(O)(Cc1ccccc1)C(C)CN(C)C. The van der Waals surface area contributed by atoms with Crippen molar-refractivity contribution in [3.63, 3.8) is 0 Å². The summed E-state index contributed by atoms with van der Waals surface area (Å²) >= 11 is 5.98. The second-order valence-electron chi connectivity index (χ2n) is 7.13. The van der Waals surface area contributed by atoms with Crippen molar-refractivity contribution in [3.8, 4) is 0 Å². The van der Waals surface area contributed by atoms with E-state index < -0.39 is 5.60 Å². The first-order valence-electron chi connectivity index (χ1n) is 8.66. The van der Waals surface area contributed by atoms with E-state index in [1.807, 2.05) is 63.5 Å². The molecular weight excluding hydrogens is 330 g/mol. The molecule has 2 aromatic rings. The summed E-state index contributed by atoms with van der Waals surface area (Å²) in [7, 11) is 4.08. The second-order valence-corrected chi connectivity index (χ2v) is 7.57. The quantitative estimate of drug-likeness (QED) is 0.760. The van der Waals surface area contributed by atoms with Crippen LogP contribution >= 0.6 is 11.6 Å². The molecule has 0 bridgehead atoms. The summed E-state index contributed by atoms with van der Waals surface area (Å²) in [5, 5.41) is 12.4. The largest absolute Gasteiger partial charge is 0.385 e. The van der Waals surface area contributed by atoms with Crippen LogP contribution in [-0.4, -0.2) is 36.2 Å². The Hall–Kier alpha value is -1.61. The Balaban J connectivity index is 2.36. The van der Waals surface area contributed by atoms with Crippen LogP contribution < -0.4 is 0 Å². The van der Waals surface area contributed by atoms with Crippen LogP contribution in [0.15, 0.2) is 60.2 Å². The molecule has 0 heterocycles. The zero-order valence-corrected chi connectivity index (χ0v) is 16.3. The molecule has 2 nitrogen and oxygen atoms in total. The molecule has 0 radical (unpaired) electrons. The zero-order chi connectivity index (χ0) is 18.4. The van der Waals surface area contributed by atoms with Crippen molar-refractivity contribution in [2.45, 2.75) is 25.9 Å². The standard InChI is InChI=1S/C22H28ClNO/c1-17(14-19-10-12-21(23)13-11-19)22(25,18(2)16-24(3)4)15-20-8-6-5-7-9-20/h5-14,18,25H,15-16H2,1-4H3/b17-14-. The predicted octanol–water partition coefficient (Wildman–Crippen LogP) is 4.91. The van der Waals surface area contributed by atoms with Crippen LogP contribution in [0.2, 0.25) is 5.02 Å². The molecule has 1 N–H and O–H groups in total. The van der Waals surface area contributed by atoms with Crippen LogP contribution in [0.25, 0.3) is 6.08 Å². The lowest BCUT2D eigenvalue weighted by molar-refractivity contribution is 0.0150. The van der Waals surface area contributed by atoms with E-state index >= 15 is 0 Å². The Bertz CT molecular complexity index is 694. The number of rotatable bonds is 7. The zero-order valence-electron chi connectivity index (χ0n) is 15.5. The lowest BCUT2D eigenvalue weighted by atomic mass is 9.77. The molecule has 0 fully saturated rings. The number of aliphatic hydroxyl groups is 1. The van der Waals surface area contributed by atoms with Crippen LogP contribution in [0.5, 0.6) is 0 Å². The second kappa shape index (κ2) is 8.66. The van der Waals surface area contributed by atoms with Crippen molar-refractivity contribution in [3.05, 3.63) is 76.3 Å². The predicted molar refractivity (Wildman–Crippen MR) is 108 cm³/mol. The fraction of sp³-hybridized carbons (Fsp3) is 0.364. The summed E-state index contributed by atoms with van der Waals surface area (Å²) in [6, 6.07) is 17.9. The van der Waals surface area contributed by atoms with E-state index in [0.29, 0.717) is 6.42 Å². The molecule has 0 aliphatic heterocycles. The van der Waals surface area contributed by atoms with Gasteiger partial charge in [-0.1, -0.05) is 67.1 Å². The van der Waals surface area contributed by atoms with E-state index in [-0.39, 0.29) is 5.92 Å². The number of halogens is 1. The van der Waals surface area contributed by atoms with Crippen molar-refractivity contribution in [2.24, 2.45) is 5.92 Å². The molecule has 0 saturated heterocycles. The number of hydrogen-bond donors (Lipinski definition) is 1. The summed E-state index contributed by atoms with van der Waals surface area (Å²) in [6.45, 7) is 4.95. The molecule has 2 unspecified atom stereocenters. The van der Waals surface area contributed by atoms with Gasteiger partial charge in [0, 0.05) is 23.9 Å². The highest BCUT2D eigenvalue weighted by molar-refractivity contribution is 6.30. The topological polar surface area (TPSA) is 23.5 Å². The van der Waals surface area contributed by atoms with Crippen LogP contribution in [0.3, 0.4) is 0 Å². The third kappa shape index (κ3) is 5.43. The van der Waals surface area contributed by atoms with Gasteiger partial charge in [0.15, 0.2) is 0 Å². The normalized spacial score (nSPS) is 15.9. The Morgan fingerprint density at radius 2 is 1.72 bits per heavy atom. The van der Waals surface area contributed by atoms with Crippen LogP contribution in [0.4, 0.5) is 0 Å². The van der Waals surface area contributed by atoms with Crippen LogP contribution in [0.1, 0.15) is 25.0 Å². The number of hydrogen-bond acceptors (Lipinski definition) is 2.